The third kappa shape index (κ3) is 36.8. The Morgan fingerprint density at radius 2 is 1.02 bits per heavy atom. The number of ether oxygens (including phenoxy) is 5. The molecule has 0 heterocycles. The van der Waals surface area contributed by atoms with E-state index in [9.17, 15) is 38.7 Å². The van der Waals surface area contributed by atoms with Gasteiger partial charge in [-0.25, -0.2) is 0 Å². The molecule has 13 N–H and O–H groups in total. The Morgan fingerprint density at radius 3 is 1.51 bits per heavy atom. The summed E-state index contributed by atoms with van der Waals surface area (Å²) in [5.41, 5.74) is 15.7. The van der Waals surface area contributed by atoms with Crippen LogP contribution >= 0.6 is 12.6 Å². The van der Waals surface area contributed by atoms with Crippen LogP contribution in [-0.4, -0.2) is 174 Å². The summed E-state index contributed by atoms with van der Waals surface area (Å²) in [7, 11) is 0. The van der Waals surface area contributed by atoms with Crippen LogP contribution in [-0.2, 0) is 57.2 Å². The number of hydrogen-bond acceptors (Lipinski definition) is 15. The van der Waals surface area contributed by atoms with Crippen molar-refractivity contribution in [2.45, 2.75) is 102 Å². The smallest absolute Gasteiger partial charge is 0.305 e. The van der Waals surface area contributed by atoms with Crippen molar-refractivity contribution >= 4 is 60.0 Å². The van der Waals surface area contributed by atoms with E-state index >= 15 is 0 Å². The highest BCUT2D eigenvalue weighted by molar-refractivity contribution is 7.80. The topological polar surface area (TPSA) is 357 Å². The molecule has 0 aromatic carbocycles. The number of hydrogen-bond donors (Lipinski definition) is 11. The normalized spacial score (nSPS) is 12.3. The van der Waals surface area contributed by atoms with Crippen molar-refractivity contribution in [3.05, 3.63) is 0 Å². The first-order chi connectivity index (χ1) is 30.3. The van der Waals surface area contributed by atoms with E-state index in [1.165, 1.54) is 51.4 Å². The number of aliphatic carboxylic acids is 1. The Kier molecular flexibility index (Phi) is 37.7. The summed E-state index contributed by atoms with van der Waals surface area (Å²) in [4.78, 5) is 89.3. The van der Waals surface area contributed by atoms with E-state index < -0.39 is 85.7 Å². The largest absolute Gasteiger partial charge is 0.481 e. The van der Waals surface area contributed by atoms with E-state index in [1.54, 1.807) is 0 Å². The maximum atomic E-state index is 13.0. The van der Waals surface area contributed by atoms with Gasteiger partial charge in [0.1, 0.15) is 18.1 Å². The number of guanidine groups is 1. The van der Waals surface area contributed by atoms with Crippen molar-refractivity contribution in [1.82, 2.24) is 26.6 Å². The fourth-order valence-corrected chi connectivity index (χ4v) is 5.61. The number of carbonyl (C=O) groups excluding carboxylic acids is 6. The van der Waals surface area contributed by atoms with Gasteiger partial charge in [-0.1, -0.05) is 44.9 Å². The number of carbonyl (C=O) groups is 7. The first kappa shape index (κ1) is 58.7. The van der Waals surface area contributed by atoms with Crippen LogP contribution in [0.5, 0.6) is 0 Å². The molecule has 0 aromatic heterocycles. The molecular weight excluding hydrogens is 851 g/mol. The van der Waals surface area contributed by atoms with Gasteiger partial charge in [-0.05, 0) is 31.4 Å². The number of thiol groups is 1. The second-order valence-corrected chi connectivity index (χ2v) is 14.6. The molecule has 0 aliphatic carbocycles. The van der Waals surface area contributed by atoms with Crippen LogP contribution in [0.15, 0.2) is 4.99 Å². The predicted molar refractivity (Wildman–Crippen MR) is 234 cm³/mol. The monoisotopic (exact) mass is 923 g/mol. The van der Waals surface area contributed by atoms with Gasteiger partial charge in [-0.3, -0.25) is 38.6 Å². The lowest BCUT2D eigenvalue weighted by molar-refractivity contribution is -0.141. The van der Waals surface area contributed by atoms with Crippen molar-refractivity contribution in [2.24, 2.45) is 22.2 Å². The van der Waals surface area contributed by atoms with Gasteiger partial charge in [0.25, 0.3) is 0 Å². The second-order valence-electron chi connectivity index (χ2n) is 14.1. The SMILES string of the molecule is NC(=O)[C@H](CO)NC(=O)[C@H](CC(=O)O)NC(=O)CNC(=O)[C@H](CCCN=C(N)N)NC(=O)CNC(=O)CCOCCOCCOCCOCCOCCCCCCCCCCCS. The Morgan fingerprint density at radius 1 is 0.540 bits per heavy atom. The van der Waals surface area contributed by atoms with Crippen molar-refractivity contribution in [3.8, 4) is 0 Å². The van der Waals surface area contributed by atoms with Crippen LogP contribution in [0, 0.1) is 0 Å². The van der Waals surface area contributed by atoms with Crippen molar-refractivity contribution in [1.29, 1.82) is 0 Å². The molecule has 0 saturated carbocycles. The predicted octanol–water partition coefficient (Wildman–Crippen LogP) is -2.41. The van der Waals surface area contributed by atoms with E-state index in [0.29, 0.717) is 39.6 Å². The minimum absolute atomic E-state index is 0.00835. The number of nitrogens with one attached hydrogen (secondary N) is 5. The van der Waals surface area contributed by atoms with Crippen LogP contribution in [0.3, 0.4) is 0 Å². The Balaban J connectivity index is 4.25. The molecule has 0 aliphatic rings. The molecule has 364 valence electrons. The van der Waals surface area contributed by atoms with Crippen molar-refractivity contribution in [2.75, 3.05) is 98.1 Å². The van der Waals surface area contributed by atoms with E-state index in [0.717, 1.165) is 18.8 Å². The van der Waals surface area contributed by atoms with Gasteiger partial charge in [0.05, 0.1) is 85.6 Å². The Hall–Kier alpha value is -4.33. The molecule has 0 aromatic rings. The van der Waals surface area contributed by atoms with E-state index in [2.05, 4.69) is 38.9 Å². The summed E-state index contributed by atoms with van der Waals surface area (Å²) in [6.07, 6.45) is 10.6. The van der Waals surface area contributed by atoms with Crippen LogP contribution in [0.2, 0.25) is 0 Å². The van der Waals surface area contributed by atoms with Crippen LogP contribution < -0.4 is 43.8 Å². The molecule has 0 saturated heterocycles. The molecule has 24 heteroatoms. The standard InChI is InChI=1S/C39H73N9O14S/c40-36(55)31(28-49)48-38(57)30(25-35(53)54)47-34(52)27-45-37(56)29(11-10-13-43-39(41)42)46-33(51)26-44-32(50)12-15-59-17-19-61-21-23-62-22-20-60-18-16-58-14-8-6-4-2-1-3-5-7-9-24-63/h29-31,49,63H,1-28H2,(H2,40,55)(H,44,50)(H,45,56)(H,46,51)(H,47,52)(H,48,57)(H,53,54)(H4,41,42,43)/t29-,30-,31-/m0/s1. The number of carboxylic acids is 1. The van der Waals surface area contributed by atoms with Gasteiger partial charge in [0.15, 0.2) is 5.96 Å². The summed E-state index contributed by atoms with van der Waals surface area (Å²) in [5, 5.41) is 29.7. The maximum Gasteiger partial charge on any atom is 0.305 e. The number of amides is 6. The third-order valence-corrected chi connectivity index (χ3v) is 9.06. The van der Waals surface area contributed by atoms with E-state index in [4.69, 9.17) is 46.0 Å². The van der Waals surface area contributed by atoms with Crippen LogP contribution in [0.1, 0.15) is 83.5 Å². The molecule has 63 heavy (non-hydrogen) atoms. The first-order valence-corrected chi connectivity index (χ1v) is 22.0. The quantitative estimate of drug-likeness (QED) is 0.0131. The molecule has 0 spiro atoms. The van der Waals surface area contributed by atoms with E-state index in [1.807, 2.05) is 5.32 Å². The molecule has 0 unspecified atom stereocenters. The number of nitrogens with zero attached hydrogens (tertiary/aromatic N) is 1. The Labute approximate surface area is 375 Å². The number of aliphatic hydroxyl groups is 1. The number of unbranched alkanes of at least 4 members (excludes halogenated alkanes) is 8. The highest BCUT2D eigenvalue weighted by Crippen LogP contribution is 2.10. The summed E-state index contributed by atoms with van der Waals surface area (Å²) in [6.45, 7) is 2.05. The maximum absolute atomic E-state index is 13.0. The average molecular weight is 924 g/mol. The summed E-state index contributed by atoms with van der Waals surface area (Å²) < 4.78 is 27.5. The van der Waals surface area contributed by atoms with Gasteiger partial charge >= 0.3 is 5.97 Å². The number of aliphatic hydroxyl groups excluding tert-OH is 1. The highest BCUT2D eigenvalue weighted by Gasteiger charge is 2.28. The van der Waals surface area contributed by atoms with Gasteiger partial charge in [0.2, 0.25) is 35.4 Å². The molecule has 0 radical (unpaired) electrons. The Bertz CT molecular complexity index is 1330. The van der Waals surface area contributed by atoms with Crippen LogP contribution in [0.25, 0.3) is 0 Å². The molecular formula is C39H73N9O14S. The summed E-state index contributed by atoms with van der Waals surface area (Å²) in [6, 6.07) is -4.45. The molecule has 0 bridgehead atoms. The minimum atomic E-state index is -1.70. The second kappa shape index (κ2) is 40.4. The van der Waals surface area contributed by atoms with Crippen LogP contribution in [0.4, 0.5) is 0 Å². The molecule has 0 rings (SSSR count). The van der Waals surface area contributed by atoms with Crippen molar-refractivity contribution < 1.29 is 67.5 Å². The lowest BCUT2D eigenvalue weighted by Gasteiger charge is -2.21. The number of aliphatic imine (C=N–C) groups is 1. The average Bonchev–Trinajstić information content (AvgIpc) is 3.24. The zero-order valence-electron chi connectivity index (χ0n) is 36.5. The fraction of sp³-hybridized carbons (Fsp3) is 0.795. The molecule has 0 aliphatic heterocycles. The molecule has 23 nitrogen and oxygen atoms in total. The molecule has 3 atom stereocenters. The van der Waals surface area contributed by atoms with Crippen molar-refractivity contribution in [3.63, 3.8) is 0 Å². The zero-order chi connectivity index (χ0) is 46.9. The number of rotatable bonds is 43. The van der Waals surface area contributed by atoms with E-state index in [-0.39, 0.29) is 51.6 Å². The number of primary amides is 1. The molecule has 6 amide bonds. The van der Waals surface area contributed by atoms with Gasteiger partial charge < -0.3 is 77.7 Å². The lowest BCUT2D eigenvalue weighted by Crippen LogP contribution is -2.56. The fourth-order valence-electron chi connectivity index (χ4n) is 5.38. The third-order valence-electron chi connectivity index (χ3n) is 8.75. The highest BCUT2D eigenvalue weighted by atomic mass is 32.1. The summed E-state index contributed by atoms with van der Waals surface area (Å²) >= 11 is 4.24. The van der Waals surface area contributed by atoms with Gasteiger partial charge in [-0.15, -0.1) is 0 Å². The minimum Gasteiger partial charge on any atom is -0.481 e. The first-order valence-electron chi connectivity index (χ1n) is 21.4. The number of nitrogens with two attached hydrogens (primary N) is 3. The zero-order valence-corrected chi connectivity index (χ0v) is 37.3. The summed E-state index contributed by atoms with van der Waals surface area (Å²) in [5.74, 6) is -5.95. The van der Waals surface area contributed by atoms with Gasteiger partial charge in [0, 0.05) is 19.6 Å². The molecule has 0 fully saturated rings. The number of carboxylic acid groups (broad SMARTS) is 1. The lowest BCUT2D eigenvalue weighted by atomic mass is 10.1. The van der Waals surface area contributed by atoms with Gasteiger partial charge in [-0.2, -0.15) is 12.6 Å².